The van der Waals surface area contributed by atoms with Crippen LogP contribution in [0.15, 0.2) is 70.4 Å². The third-order valence-electron chi connectivity index (χ3n) is 5.88. The van der Waals surface area contributed by atoms with Crippen LogP contribution in [0.3, 0.4) is 0 Å². The minimum absolute atomic E-state index is 0.110. The molecule has 0 aliphatic carbocycles. The Bertz CT molecular complexity index is 1490. The molecule has 178 valence electrons. The summed E-state index contributed by atoms with van der Waals surface area (Å²) in [5.41, 5.74) is 1.24. The van der Waals surface area contributed by atoms with Gasteiger partial charge in [0.2, 0.25) is 0 Å². The van der Waals surface area contributed by atoms with Gasteiger partial charge < -0.3 is 14.4 Å². The molecule has 34 heavy (non-hydrogen) atoms. The Hall–Kier alpha value is -2.94. The van der Waals surface area contributed by atoms with Crippen LogP contribution in [0, 0.1) is 6.92 Å². The van der Waals surface area contributed by atoms with E-state index in [0.717, 1.165) is 41.3 Å². The number of nitrogens with one attached hydrogen (secondary N) is 1. The van der Waals surface area contributed by atoms with Crippen molar-refractivity contribution in [1.29, 1.82) is 0 Å². The van der Waals surface area contributed by atoms with Crippen molar-refractivity contribution in [3.63, 3.8) is 0 Å². The molecule has 0 amide bonds. The number of likely N-dealkylation sites (N-methyl/N-ethyl adjacent to an activating group) is 1. The number of rotatable bonds is 9. The zero-order valence-electron chi connectivity index (χ0n) is 19.5. The monoisotopic (exact) mass is 496 g/mol. The van der Waals surface area contributed by atoms with Crippen molar-refractivity contribution in [1.82, 2.24) is 4.90 Å². The van der Waals surface area contributed by atoms with E-state index >= 15 is 0 Å². The third kappa shape index (κ3) is 4.94. The first-order valence-corrected chi connectivity index (χ1v) is 13.5. The summed E-state index contributed by atoms with van der Waals surface area (Å²) in [6.07, 6.45) is 0. The smallest absolute Gasteiger partial charge is 0.339 e. The number of anilines is 1. The van der Waals surface area contributed by atoms with Crippen molar-refractivity contribution in [3.05, 3.63) is 76.5 Å². The van der Waals surface area contributed by atoms with Crippen LogP contribution in [-0.4, -0.2) is 39.5 Å². The van der Waals surface area contributed by atoms with Gasteiger partial charge in [0.25, 0.3) is 0 Å². The first-order valence-electron chi connectivity index (χ1n) is 11.3. The molecule has 0 saturated heterocycles. The summed E-state index contributed by atoms with van der Waals surface area (Å²) < 4.78 is 32.7. The van der Waals surface area contributed by atoms with Gasteiger partial charge in [-0.3, -0.25) is 4.79 Å². The molecule has 0 spiro atoms. The quantitative estimate of drug-likeness (QED) is 0.252. The highest BCUT2D eigenvalue weighted by molar-refractivity contribution is 7.87. The van der Waals surface area contributed by atoms with E-state index in [1.54, 1.807) is 37.3 Å². The molecule has 4 aromatic rings. The maximum Gasteiger partial charge on any atom is 0.339 e. The van der Waals surface area contributed by atoms with Crippen LogP contribution < -0.4 is 14.9 Å². The first-order chi connectivity index (χ1) is 16.3. The zero-order valence-corrected chi connectivity index (χ0v) is 21.1. The van der Waals surface area contributed by atoms with E-state index in [1.165, 1.54) is 23.5 Å². The van der Waals surface area contributed by atoms with Crippen LogP contribution in [0.5, 0.6) is 5.75 Å². The molecule has 0 unspecified atom stereocenters. The van der Waals surface area contributed by atoms with Gasteiger partial charge in [0.15, 0.2) is 5.43 Å². The molecule has 1 heterocycles. The Morgan fingerprint density at radius 3 is 2.47 bits per heavy atom. The Morgan fingerprint density at radius 1 is 0.971 bits per heavy atom. The highest BCUT2D eigenvalue weighted by Gasteiger charge is 2.20. The third-order valence-corrected chi connectivity index (χ3v) is 8.42. The van der Waals surface area contributed by atoms with Gasteiger partial charge in [-0.1, -0.05) is 38.1 Å². The minimum Gasteiger partial charge on any atom is -0.383 e. The van der Waals surface area contributed by atoms with Gasteiger partial charge >= 0.3 is 10.1 Å². The normalized spacial score (nSPS) is 11.9. The lowest BCUT2D eigenvalue weighted by atomic mass is 10.1. The van der Waals surface area contributed by atoms with Crippen LogP contribution in [0.2, 0.25) is 0 Å². The van der Waals surface area contributed by atoms with Gasteiger partial charge in [-0.25, -0.2) is 0 Å². The summed E-state index contributed by atoms with van der Waals surface area (Å²) in [6.45, 7) is 9.52. The fraction of sp³-hybridized carbons (Fsp3) is 0.269. The number of hydrogen-bond donors (Lipinski definition) is 1. The molecule has 1 aromatic heterocycles. The van der Waals surface area contributed by atoms with Crippen molar-refractivity contribution in [2.45, 2.75) is 25.7 Å². The van der Waals surface area contributed by atoms with Crippen LogP contribution in [0.1, 0.15) is 19.4 Å². The molecule has 0 saturated carbocycles. The van der Waals surface area contributed by atoms with Gasteiger partial charge in [0.05, 0.1) is 5.39 Å². The summed E-state index contributed by atoms with van der Waals surface area (Å²) >= 11 is 1.50. The Kier molecular flexibility index (Phi) is 7.21. The molecule has 0 aliphatic rings. The van der Waals surface area contributed by atoms with E-state index in [2.05, 4.69) is 24.1 Å². The van der Waals surface area contributed by atoms with Gasteiger partial charge in [-0.05, 0) is 62.0 Å². The summed E-state index contributed by atoms with van der Waals surface area (Å²) in [6, 6.07) is 17.3. The largest absolute Gasteiger partial charge is 0.383 e. The summed E-state index contributed by atoms with van der Waals surface area (Å²) in [4.78, 5) is 15.9. The van der Waals surface area contributed by atoms with E-state index < -0.39 is 10.1 Å². The molecule has 3 aromatic carbocycles. The molecule has 6 nitrogen and oxygen atoms in total. The lowest BCUT2D eigenvalue weighted by Gasteiger charge is -2.19. The van der Waals surface area contributed by atoms with Gasteiger partial charge in [-0.2, -0.15) is 8.42 Å². The van der Waals surface area contributed by atoms with Crippen molar-refractivity contribution in [3.8, 4) is 5.75 Å². The number of nitrogens with zero attached hydrogens (tertiary/aromatic N) is 1. The second-order valence-corrected chi connectivity index (χ2v) is 10.6. The van der Waals surface area contributed by atoms with Crippen molar-refractivity contribution < 1.29 is 12.6 Å². The average Bonchev–Trinajstić information content (AvgIpc) is 2.82. The summed E-state index contributed by atoms with van der Waals surface area (Å²) in [5.74, 6) is 0.117. The minimum atomic E-state index is -4.02. The predicted molar refractivity (Wildman–Crippen MR) is 141 cm³/mol. The van der Waals surface area contributed by atoms with E-state index in [-0.39, 0.29) is 16.1 Å². The fourth-order valence-corrected chi connectivity index (χ4v) is 6.22. The average molecular weight is 497 g/mol. The topological polar surface area (TPSA) is 75.7 Å². The predicted octanol–water partition coefficient (Wildman–Crippen LogP) is 5.24. The molecule has 0 aliphatic heterocycles. The lowest BCUT2D eigenvalue weighted by Crippen LogP contribution is -2.28. The van der Waals surface area contributed by atoms with Crippen LogP contribution in [0.25, 0.3) is 20.2 Å². The molecule has 0 bridgehead atoms. The molecule has 4 rings (SSSR count). The standard InChI is InChI=1S/C26H28N2O4S2/c1-4-28(5-2)16-15-27-21-10-8-11-23-25(21)26(29)20-17-19(13-14-22(20)33-23)32-34(30,31)24-12-7-6-9-18(24)3/h6-14,17,27H,4-5,15-16H2,1-3H3. The highest BCUT2D eigenvalue weighted by atomic mass is 32.2. The van der Waals surface area contributed by atoms with Crippen LogP contribution in [0.4, 0.5) is 5.69 Å². The molecular formula is C26H28N2O4S2. The Morgan fingerprint density at radius 2 is 1.74 bits per heavy atom. The van der Waals surface area contributed by atoms with Crippen LogP contribution >= 0.6 is 11.3 Å². The van der Waals surface area contributed by atoms with Gasteiger partial charge in [0, 0.05) is 33.6 Å². The second kappa shape index (κ2) is 10.1. The maximum atomic E-state index is 13.5. The number of fused-ring (bicyclic) bond motifs is 2. The Labute approximate surface area is 203 Å². The molecule has 0 atom stereocenters. The number of aryl methyl sites for hydroxylation is 1. The summed E-state index contributed by atoms with van der Waals surface area (Å²) in [5, 5.41) is 4.46. The lowest BCUT2D eigenvalue weighted by molar-refractivity contribution is 0.316. The van der Waals surface area contributed by atoms with E-state index in [1.807, 2.05) is 18.2 Å². The van der Waals surface area contributed by atoms with E-state index in [0.29, 0.717) is 16.3 Å². The van der Waals surface area contributed by atoms with Crippen molar-refractivity contribution in [2.24, 2.45) is 0 Å². The highest BCUT2D eigenvalue weighted by Crippen LogP contribution is 2.31. The van der Waals surface area contributed by atoms with Crippen molar-refractivity contribution >= 4 is 47.3 Å². The van der Waals surface area contributed by atoms with E-state index in [4.69, 9.17) is 4.18 Å². The molecule has 0 radical (unpaired) electrons. The SMILES string of the molecule is CCN(CC)CCNc1cccc2sc3ccc(OS(=O)(=O)c4ccccc4C)cc3c(=O)c12. The second-order valence-electron chi connectivity index (χ2n) is 8.02. The molecule has 0 fully saturated rings. The zero-order chi connectivity index (χ0) is 24.3. The fourth-order valence-electron chi connectivity index (χ4n) is 3.98. The number of benzene rings is 3. The van der Waals surface area contributed by atoms with Crippen molar-refractivity contribution in [2.75, 3.05) is 31.5 Å². The van der Waals surface area contributed by atoms with Crippen LogP contribution in [-0.2, 0) is 10.1 Å². The number of hydrogen-bond acceptors (Lipinski definition) is 7. The first kappa shape index (κ1) is 24.2. The van der Waals surface area contributed by atoms with Gasteiger partial charge in [-0.15, -0.1) is 11.3 Å². The van der Waals surface area contributed by atoms with E-state index in [9.17, 15) is 13.2 Å². The van der Waals surface area contributed by atoms with Gasteiger partial charge in [0.1, 0.15) is 10.6 Å². The molecule has 8 heteroatoms. The molecule has 1 N–H and O–H groups in total. The Balaban J connectivity index is 1.71. The molecular weight excluding hydrogens is 468 g/mol. The summed E-state index contributed by atoms with van der Waals surface area (Å²) in [7, 11) is -4.02. The maximum absolute atomic E-state index is 13.5.